The van der Waals surface area contributed by atoms with Crippen molar-refractivity contribution >= 4 is 28.6 Å². The molecule has 2 N–H and O–H groups in total. The molecule has 0 bridgehead atoms. The molecule has 0 spiro atoms. The van der Waals surface area contributed by atoms with Crippen LogP contribution in [-0.2, 0) is 13.6 Å². The lowest BCUT2D eigenvalue weighted by atomic mass is 10.7. The molecular weight excluding hydrogens is 240 g/mol. The van der Waals surface area contributed by atoms with Gasteiger partial charge in [0.2, 0.25) is 16.6 Å². The lowest BCUT2D eigenvalue weighted by Gasteiger charge is -2.18. The van der Waals surface area contributed by atoms with Crippen molar-refractivity contribution in [3.05, 3.63) is 0 Å². The van der Waals surface area contributed by atoms with Gasteiger partial charge in [-0.3, -0.25) is 4.79 Å². The first-order valence-corrected chi connectivity index (χ1v) is 12.0. The van der Waals surface area contributed by atoms with Gasteiger partial charge in [-0.25, -0.2) is 4.99 Å². The molecule has 0 saturated carbocycles. The molecule has 94 valence electrons. The average Bonchev–Trinajstić information content (AvgIpc) is 1.94. The fourth-order valence-electron chi connectivity index (χ4n) is 0.862. The van der Waals surface area contributed by atoms with Crippen LogP contribution in [-0.4, -0.2) is 35.2 Å². The van der Waals surface area contributed by atoms with E-state index in [1.807, 2.05) is 39.3 Å². The molecule has 0 heterocycles. The van der Waals surface area contributed by atoms with Gasteiger partial charge in [-0.15, -0.1) is 0 Å². The lowest BCUT2D eigenvalue weighted by Crippen LogP contribution is -2.34. The number of aliphatic imine (C=N–C) groups is 1. The summed E-state index contributed by atoms with van der Waals surface area (Å²) in [4.78, 5) is 15.2. The quantitative estimate of drug-likeness (QED) is 0.474. The Kier molecular flexibility index (Phi) is 5.20. The van der Waals surface area contributed by atoms with E-state index in [-0.39, 0.29) is 18.5 Å². The third kappa shape index (κ3) is 9.72. The highest BCUT2D eigenvalue weighted by Gasteiger charge is 2.20. The molecule has 0 aromatic rings. The van der Waals surface area contributed by atoms with Crippen molar-refractivity contribution in [2.24, 2.45) is 10.7 Å². The molecule has 0 atom stereocenters. The minimum absolute atomic E-state index is 0.0689. The largest absolute Gasteiger partial charge is 0.520 e. The third-order valence-electron chi connectivity index (χ3n) is 1.19. The Bertz CT molecular complexity index is 279. The summed E-state index contributed by atoms with van der Waals surface area (Å²) in [6.07, 6.45) is 0. The van der Waals surface area contributed by atoms with E-state index in [1.54, 1.807) is 0 Å². The van der Waals surface area contributed by atoms with E-state index in [2.05, 4.69) is 4.99 Å². The summed E-state index contributed by atoms with van der Waals surface area (Å²) < 4.78 is 10.6. The van der Waals surface area contributed by atoms with Crippen LogP contribution < -0.4 is 5.73 Å². The predicted octanol–water partition coefficient (Wildman–Crippen LogP) is 1.53. The molecule has 0 aromatic heterocycles. The summed E-state index contributed by atoms with van der Waals surface area (Å²) in [6, 6.07) is 0.0756. The van der Waals surface area contributed by atoms with Crippen LogP contribution in [0.5, 0.6) is 0 Å². The van der Waals surface area contributed by atoms with Crippen LogP contribution in [0.15, 0.2) is 4.99 Å². The molecule has 0 aliphatic rings. The normalized spacial score (nSPS) is 13.5. The van der Waals surface area contributed by atoms with Crippen molar-refractivity contribution in [3.63, 3.8) is 0 Å². The molecule has 0 fully saturated rings. The standard InChI is InChI=1S/C9H22N2O3Si2/c1-15(2,3)13-8(12)7-11-9(10)14-16(4,5)6/h7H2,1-6H3,(H2,10,11). The van der Waals surface area contributed by atoms with Crippen LogP contribution in [0.4, 0.5) is 0 Å². The maximum atomic E-state index is 11.3. The highest BCUT2D eigenvalue weighted by Crippen LogP contribution is 2.04. The lowest BCUT2D eigenvalue weighted by molar-refractivity contribution is -0.133. The number of amidine groups is 1. The third-order valence-corrected chi connectivity index (χ3v) is 2.86. The van der Waals surface area contributed by atoms with Crippen molar-refractivity contribution in [1.82, 2.24) is 0 Å². The molecule has 0 saturated heterocycles. The zero-order valence-electron chi connectivity index (χ0n) is 11.0. The van der Waals surface area contributed by atoms with Gasteiger partial charge in [0.05, 0.1) is 0 Å². The summed E-state index contributed by atoms with van der Waals surface area (Å²) in [5.74, 6) is -0.346. The van der Waals surface area contributed by atoms with Gasteiger partial charge in [0.1, 0.15) is 6.54 Å². The Labute approximate surface area is 99.3 Å². The summed E-state index contributed by atoms with van der Waals surface area (Å²) in [5.41, 5.74) is 5.54. The van der Waals surface area contributed by atoms with Crippen LogP contribution in [0.25, 0.3) is 0 Å². The summed E-state index contributed by atoms with van der Waals surface area (Å²) in [7, 11) is -3.57. The number of hydrogen-bond donors (Lipinski definition) is 1. The average molecular weight is 262 g/mol. The number of carbonyl (C=O) groups excluding carboxylic acids is 1. The van der Waals surface area contributed by atoms with Crippen molar-refractivity contribution in [1.29, 1.82) is 0 Å². The van der Waals surface area contributed by atoms with Gasteiger partial charge in [-0.1, -0.05) is 0 Å². The molecule has 0 aliphatic heterocycles. The van der Waals surface area contributed by atoms with Gasteiger partial charge < -0.3 is 14.6 Å². The van der Waals surface area contributed by atoms with Gasteiger partial charge in [-0.05, 0) is 39.3 Å². The molecule has 0 unspecified atom stereocenters. The summed E-state index contributed by atoms with van der Waals surface area (Å²) in [6.45, 7) is 11.7. The number of nitrogens with zero attached hydrogens (tertiary/aromatic N) is 1. The summed E-state index contributed by atoms with van der Waals surface area (Å²) >= 11 is 0. The van der Waals surface area contributed by atoms with Crippen LogP contribution in [0, 0.1) is 0 Å². The summed E-state index contributed by atoms with van der Waals surface area (Å²) in [5, 5.41) is 0. The molecule has 0 radical (unpaired) electrons. The first-order valence-electron chi connectivity index (χ1n) is 5.20. The molecule has 0 rings (SSSR count). The minimum Gasteiger partial charge on any atom is -0.520 e. The van der Waals surface area contributed by atoms with Crippen LogP contribution in [0.2, 0.25) is 39.3 Å². The maximum absolute atomic E-state index is 11.3. The number of hydrogen-bond acceptors (Lipinski definition) is 4. The zero-order valence-corrected chi connectivity index (χ0v) is 13.0. The Morgan fingerprint density at radius 2 is 1.50 bits per heavy atom. The molecule has 7 heteroatoms. The minimum atomic E-state index is -1.83. The Balaban J connectivity index is 4.13. The molecule has 0 aliphatic carbocycles. The smallest absolute Gasteiger partial charge is 0.314 e. The second-order valence-corrected chi connectivity index (χ2v) is 14.3. The van der Waals surface area contributed by atoms with E-state index in [4.69, 9.17) is 14.6 Å². The number of rotatable bonds is 4. The van der Waals surface area contributed by atoms with E-state index in [0.717, 1.165) is 0 Å². The highest BCUT2D eigenvalue weighted by molar-refractivity contribution is 6.71. The van der Waals surface area contributed by atoms with Gasteiger partial charge in [0.25, 0.3) is 6.02 Å². The van der Waals surface area contributed by atoms with Gasteiger partial charge in [0, 0.05) is 0 Å². The van der Waals surface area contributed by atoms with Crippen LogP contribution in [0.3, 0.4) is 0 Å². The Hall–Kier alpha value is -0.826. The van der Waals surface area contributed by atoms with Crippen LogP contribution >= 0.6 is 0 Å². The SMILES string of the molecule is C[Si](C)(C)OC(=O)CN=C(N)O[Si](C)(C)C. The number of nitrogens with two attached hydrogens (primary N) is 1. The van der Waals surface area contributed by atoms with Gasteiger partial charge in [-0.2, -0.15) is 0 Å². The molecule has 5 nitrogen and oxygen atoms in total. The monoisotopic (exact) mass is 262 g/mol. The molecular formula is C9H22N2O3Si2. The van der Waals surface area contributed by atoms with Crippen molar-refractivity contribution in [2.45, 2.75) is 39.3 Å². The van der Waals surface area contributed by atoms with Crippen molar-refractivity contribution < 1.29 is 13.6 Å². The van der Waals surface area contributed by atoms with Crippen LogP contribution in [0.1, 0.15) is 0 Å². The Morgan fingerprint density at radius 3 is 1.88 bits per heavy atom. The first kappa shape index (κ1) is 15.2. The zero-order chi connectivity index (χ0) is 13.0. The molecule has 0 aromatic carbocycles. The second-order valence-electron chi connectivity index (χ2n) is 5.46. The number of carbonyl (C=O) groups is 1. The topological polar surface area (TPSA) is 73.9 Å². The van der Waals surface area contributed by atoms with Gasteiger partial charge in [0.15, 0.2) is 0 Å². The molecule has 0 amide bonds. The van der Waals surface area contributed by atoms with E-state index in [1.165, 1.54) is 0 Å². The van der Waals surface area contributed by atoms with Crippen molar-refractivity contribution in [2.75, 3.05) is 6.54 Å². The van der Waals surface area contributed by atoms with E-state index < -0.39 is 16.6 Å². The molecule has 16 heavy (non-hydrogen) atoms. The highest BCUT2D eigenvalue weighted by atomic mass is 28.4. The van der Waals surface area contributed by atoms with E-state index >= 15 is 0 Å². The van der Waals surface area contributed by atoms with E-state index in [9.17, 15) is 4.79 Å². The second kappa shape index (κ2) is 5.49. The predicted molar refractivity (Wildman–Crippen MR) is 70.4 cm³/mol. The van der Waals surface area contributed by atoms with Crippen molar-refractivity contribution in [3.8, 4) is 0 Å². The van der Waals surface area contributed by atoms with E-state index in [0.29, 0.717) is 0 Å². The van der Waals surface area contributed by atoms with Gasteiger partial charge >= 0.3 is 5.97 Å². The fourth-order valence-corrected chi connectivity index (χ4v) is 2.30. The maximum Gasteiger partial charge on any atom is 0.314 e. The Morgan fingerprint density at radius 1 is 1.06 bits per heavy atom. The first-order chi connectivity index (χ1) is 6.99. The fraction of sp³-hybridized carbons (Fsp3) is 0.778.